The number of aryl methyl sites for hydroxylation is 1. The van der Waals surface area contributed by atoms with Crippen LogP contribution in [0.5, 0.6) is 5.75 Å². The predicted molar refractivity (Wildman–Crippen MR) is 112 cm³/mol. The summed E-state index contributed by atoms with van der Waals surface area (Å²) in [5, 5.41) is 13.2. The molecule has 0 amide bonds. The van der Waals surface area contributed by atoms with E-state index in [1.165, 1.54) is 36.4 Å². The van der Waals surface area contributed by atoms with E-state index in [0.717, 1.165) is 0 Å². The molecule has 0 aliphatic heterocycles. The number of rotatable bonds is 4. The average Bonchev–Trinajstić information content (AvgIpc) is 2.74. The van der Waals surface area contributed by atoms with Crippen LogP contribution in [0.1, 0.15) is 37.4 Å². The maximum Gasteiger partial charge on any atom is 0.266 e. The van der Waals surface area contributed by atoms with Gasteiger partial charge in [-0.1, -0.05) is 30.3 Å². The molecule has 31 heavy (non-hydrogen) atoms. The number of anilines is 2. The second-order valence-corrected chi connectivity index (χ2v) is 8.41. The van der Waals surface area contributed by atoms with E-state index in [9.17, 15) is 23.1 Å². The van der Waals surface area contributed by atoms with Crippen LogP contribution in [-0.4, -0.2) is 25.1 Å². The number of benzene rings is 3. The number of ketones is 2. The Morgan fingerprint density at radius 2 is 1.55 bits per heavy atom. The van der Waals surface area contributed by atoms with Crippen LogP contribution in [0.15, 0.2) is 64.0 Å². The van der Waals surface area contributed by atoms with Crippen molar-refractivity contribution in [2.24, 2.45) is 4.52 Å². The third kappa shape index (κ3) is 3.29. The second kappa shape index (κ2) is 7.28. The fraction of sp³-hybridized carbons (Fsp3) is 0.0476. The maximum absolute atomic E-state index is 13.2. The molecule has 0 saturated carbocycles. The minimum atomic E-state index is -4.34. The molecule has 154 valence electrons. The van der Waals surface area contributed by atoms with Crippen molar-refractivity contribution in [3.05, 3.63) is 92.9 Å². The van der Waals surface area contributed by atoms with Gasteiger partial charge in [0.2, 0.25) is 0 Å². The van der Waals surface area contributed by atoms with Gasteiger partial charge in [-0.3, -0.25) is 9.59 Å². The fourth-order valence-corrected chi connectivity index (χ4v) is 4.41. The number of hydrogen-bond donors (Lipinski definition) is 2. The molecule has 0 aromatic heterocycles. The molecule has 3 aromatic carbocycles. The van der Waals surface area contributed by atoms with Crippen LogP contribution in [0.2, 0.25) is 0 Å². The zero-order valence-corrected chi connectivity index (χ0v) is 16.8. The highest BCUT2D eigenvalue weighted by Gasteiger charge is 2.34. The summed E-state index contributed by atoms with van der Waals surface area (Å²) in [5.74, 6) is -1.37. The summed E-state index contributed by atoms with van der Waals surface area (Å²) < 4.78 is 27.7. The smallest absolute Gasteiger partial charge is 0.266 e. The number of carbonyl (C=O) groups is 2. The van der Waals surface area contributed by atoms with Crippen LogP contribution in [-0.2, 0) is 10.0 Å². The van der Waals surface area contributed by atoms with E-state index in [2.05, 4.69) is 14.7 Å². The van der Waals surface area contributed by atoms with Crippen LogP contribution < -0.4 is 5.32 Å². The van der Waals surface area contributed by atoms with Gasteiger partial charge in [0.05, 0.1) is 27.4 Å². The number of hydrogen-bond acceptors (Lipinski definition) is 6. The van der Waals surface area contributed by atoms with Crippen molar-refractivity contribution in [2.45, 2.75) is 11.8 Å². The molecule has 0 saturated heterocycles. The van der Waals surface area contributed by atoms with Gasteiger partial charge in [-0.05, 0) is 42.3 Å². The van der Waals surface area contributed by atoms with Crippen molar-refractivity contribution in [3.63, 3.8) is 0 Å². The van der Waals surface area contributed by atoms with E-state index < -0.39 is 21.6 Å². The predicted octanol–water partition coefficient (Wildman–Crippen LogP) is 4.22. The van der Waals surface area contributed by atoms with Crippen molar-refractivity contribution in [1.82, 2.24) is 0 Å². The number of phenolic OH excluding ortho intramolecular Hbond substituents is 1. The minimum Gasteiger partial charge on any atom is -0.507 e. The van der Waals surface area contributed by atoms with E-state index in [-0.39, 0.29) is 44.3 Å². The second-order valence-electron chi connectivity index (χ2n) is 6.86. The lowest BCUT2D eigenvalue weighted by molar-refractivity contribution is 0.0977. The summed E-state index contributed by atoms with van der Waals surface area (Å²) in [7, 11) is -4.34. The van der Waals surface area contributed by atoms with Gasteiger partial charge in [0.15, 0.2) is 11.6 Å². The van der Waals surface area contributed by atoms with Gasteiger partial charge in [-0.2, -0.15) is 0 Å². The molecular weight excluding hydrogens is 420 g/mol. The summed E-state index contributed by atoms with van der Waals surface area (Å²) in [6, 6.07) is 13.3. The Hall–Kier alpha value is -4.14. The van der Waals surface area contributed by atoms with Gasteiger partial charge in [0.1, 0.15) is 5.75 Å². The number of sulfonamides is 1. The van der Waals surface area contributed by atoms with Gasteiger partial charge < -0.3 is 10.4 Å². The van der Waals surface area contributed by atoms with Crippen molar-refractivity contribution in [1.29, 1.82) is 0 Å². The van der Waals surface area contributed by atoms with E-state index in [0.29, 0.717) is 5.56 Å². The lowest BCUT2D eigenvalue weighted by atomic mass is 9.82. The number of nitrogens with zero attached hydrogens (tertiary/aromatic N) is 3. The normalized spacial score (nSPS) is 12.5. The van der Waals surface area contributed by atoms with E-state index in [1.807, 2.05) is 0 Å². The first-order valence-corrected chi connectivity index (χ1v) is 10.4. The molecule has 3 aromatic rings. The van der Waals surface area contributed by atoms with Gasteiger partial charge in [-0.25, -0.2) is 8.42 Å². The largest absolute Gasteiger partial charge is 0.507 e. The third-order valence-electron chi connectivity index (χ3n) is 4.88. The SMILES string of the molecule is Cc1ccc(Nc2ccc(O)c3c2C(=O)c2ccccc2C3=O)c(S(=O)(=O)N=[N+]=[N-])c1. The maximum atomic E-state index is 13.2. The van der Waals surface area contributed by atoms with Crippen LogP contribution in [0.25, 0.3) is 10.4 Å². The molecule has 0 unspecified atom stereocenters. The van der Waals surface area contributed by atoms with Gasteiger partial charge in [0.25, 0.3) is 10.0 Å². The Bertz CT molecular complexity index is 1440. The lowest BCUT2D eigenvalue weighted by Crippen LogP contribution is -2.22. The highest BCUT2D eigenvalue weighted by atomic mass is 32.2. The zero-order chi connectivity index (χ0) is 22.3. The van der Waals surface area contributed by atoms with Crippen molar-refractivity contribution in [2.75, 3.05) is 5.32 Å². The Morgan fingerprint density at radius 3 is 2.19 bits per heavy atom. The first-order chi connectivity index (χ1) is 14.7. The Morgan fingerprint density at radius 1 is 0.935 bits per heavy atom. The monoisotopic (exact) mass is 434 g/mol. The zero-order valence-electron chi connectivity index (χ0n) is 16.0. The molecule has 0 atom stereocenters. The van der Waals surface area contributed by atoms with Gasteiger partial charge in [0, 0.05) is 20.6 Å². The summed E-state index contributed by atoms with van der Waals surface area (Å²) in [5.41, 5.74) is 9.50. The number of fused-ring (bicyclic) bond motifs is 2. The number of azide groups is 1. The molecule has 9 nitrogen and oxygen atoms in total. The topological polar surface area (TPSA) is 149 Å². The molecule has 0 radical (unpaired) electrons. The summed E-state index contributed by atoms with van der Waals surface area (Å²) in [6.07, 6.45) is 0. The number of nitrogens with one attached hydrogen (secondary N) is 1. The Kier molecular flexibility index (Phi) is 4.73. The molecule has 0 spiro atoms. The third-order valence-corrected chi connectivity index (χ3v) is 6.06. The lowest BCUT2D eigenvalue weighted by Gasteiger charge is -2.22. The molecule has 1 aliphatic carbocycles. The molecule has 0 heterocycles. The van der Waals surface area contributed by atoms with E-state index in [1.54, 1.807) is 25.1 Å². The van der Waals surface area contributed by atoms with Crippen molar-refractivity contribution >= 4 is 33.0 Å². The first kappa shape index (κ1) is 20.1. The Labute approximate surface area is 176 Å². The molecule has 0 fully saturated rings. The first-order valence-electron chi connectivity index (χ1n) is 8.98. The van der Waals surface area contributed by atoms with Crippen LogP contribution >= 0.6 is 0 Å². The highest BCUT2D eigenvalue weighted by molar-refractivity contribution is 7.90. The molecule has 0 bridgehead atoms. The fourth-order valence-electron chi connectivity index (χ4n) is 3.49. The average molecular weight is 434 g/mol. The summed E-state index contributed by atoms with van der Waals surface area (Å²) in [4.78, 5) is 28.2. The summed E-state index contributed by atoms with van der Waals surface area (Å²) >= 11 is 0. The van der Waals surface area contributed by atoms with Crippen LogP contribution in [0.4, 0.5) is 11.4 Å². The van der Waals surface area contributed by atoms with Crippen LogP contribution in [0, 0.1) is 6.92 Å². The van der Waals surface area contributed by atoms with E-state index in [4.69, 9.17) is 5.53 Å². The molecule has 2 N–H and O–H groups in total. The van der Waals surface area contributed by atoms with Gasteiger partial charge >= 0.3 is 0 Å². The molecule has 1 aliphatic rings. The number of phenols is 1. The van der Waals surface area contributed by atoms with Crippen molar-refractivity contribution in [3.8, 4) is 5.75 Å². The van der Waals surface area contributed by atoms with Gasteiger partial charge in [-0.15, -0.1) is 0 Å². The quantitative estimate of drug-likeness (QED) is 0.212. The Balaban J connectivity index is 1.92. The van der Waals surface area contributed by atoms with Crippen LogP contribution in [0.3, 0.4) is 0 Å². The molecular formula is C21H14N4O5S. The van der Waals surface area contributed by atoms with Crippen molar-refractivity contribution < 1.29 is 23.1 Å². The highest BCUT2D eigenvalue weighted by Crippen LogP contribution is 2.39. The molecule has 10 heteroatoms. The standard InChI is InChI=1S/C21H14N4O5S/c1-11-6-7-14(17(10-11)31(29,30)25-24-22)23-15-8-9-16(26)19-18(15)20(27)12-4-2-3-5-13(12)21(19)28/h2-10,23,26H,1H3. The number of aromatic hydroxyl groups is 1. The molecule has 4 rings (SSSR count). The summed E-state index contributed by atoms with van der Waals surface area (Å²) in [6.45, 7) is 1.67. The van der Waals surface area contributed by atoms with E-state index >= 15 is 0 Å². The minimum absolute atomic E-state index is 0.0463. The number of carbonyl (C=O) groups excluding carboxylic acids is 2.